The highest BCUT2D eigenvalue weighted by Gasteiger charge is 2.18. The summed E-state index contributed by atoms with van der Waals surface area (Å²) in [5, 5.41) is 0. The molecule has 0 atom stereocenters. The number of ether oxygens (including phenoxy) is 2. The van der Waals surface area contributed by atoms with Crippen molar-refractivity contribution in [3.8, 4) is 0 Å². The maximum absolute atomic E-state index is 12.5. The topological polar surface area (TPSA) is 52.6 Å². The van der Waals surface area contributed by atoms with E-state index in [4.69, 9.17) is 9.47 Å². The van der Waals surface area contributed by atoms with E-state index >= 15 is 0 Å². The summed E-state index contributed by atoms with van der Waals surface area (Å²) in [5.74, 6) is -0.111. The average Bonchev–Trinajstić information content (AvgIpc) is 2.81. The van der Waals surface area contributed by atoms with E-state index in [1.165, 1.54) is 70.6 Å². The molecule has 0 aliphatic carbocycles. The molecule has 0 aromatic heterocycles. The van der Waals surface area contributed by atoms with Gasteiger partial charge in [0.2, 0.25) is 0 Å². The summed E-state index contributed by atoms with van der Waals surface area (Å²) in [4.78, 5) is 25.0. The predicted octanol–water partition coefficient (Wildman–Crippen LogP) is 8.53. The van der Waals surface area contributed by atoms with Crippen molar-refractivity contribution < 1.29 is 19.1 Å². The quantitative estimate of drug-likeness (QED) is 0.144. The molecular formula is C29H48O4. The van der Waals surface area contributed by atoms with Gasteiger partial charge in [-0.3, -0.25) is 0 Å². The van der Waals surface area contributed by atoms with Crippen LogP contribution in [0.15, 0.2) is 24.3 Å². The molecular weight excluding hydrogens is 412 g/mol. The third-order valence-corrected chi connectivity index (χ3v) is 6.01. The minimum Gasteiger partial charge on any atom is -0.462 e. The van der Waals surface area contributed by atoms with Gasteiger partial charge in [-0.15, -0.1) is 0 Å². The fourth-order valence-electron chi connectivity index (χ4n) is 3.92. The van der Waals surface area contributed by atoms with Crippen LogP contribution >= 0.6 is 0 Å². The number of hydrogen-bond donors (Lipinski definition) is 0. The summed E-state index contributed by atoms with van der Waals surface area (Å²) in [6.45, 7) is 7.54. The Morgan fingerprint density at radius 1 is 0.636 bits per heavy atom. The summed E-state index contributed by atoms with van der Waals surface area (Å²) in [6.07, 6.45) is 17.8. The Hall–Kier alpha value is -1.84. The SMILES string of the molecule is CCCCCCCCCCCOC(=O)c1ccccc1C(=O)OCCCCCCCC(C)C. The van der Waals surface area contributed by atoms with E-state index in [2.05, 4.69) is 20.8 Å². The van der Waals surface area contributed by atoms with Crippen molar-refractivity contribution in [2.24, 2.45) is 5.92 Å². The molecule has 4 nitrogen and oxygen atoms in total. The zero-order valence-corrected chi connectivity index (χ0v) is 21.5. The van der Waals surface area contributed by atoms with Crippen LogP contribution in [0.1, 0.15) is 138 Å². The maximum Gasteiger partial charge on any atom is 0.339 e. The molecule has 188 valence electrons. The second-order valence-electron chi connectivity index (χ2n) is 9.60. The third kappa shape index (κ3) is 14.8. The first-order valence-corrected chi connectivity index (χ1v) is 13.5. The minimum atomic E-state index is -0.439. The molecule has 0 saturated heterocycles. The number of rotatable bonds is 20. The van der Waals surface area contributed by atoms with Crippen LogP contribution in [0.2, 0.25) is 0 Å². The molecule has 0 aliphatic heterocycles. The van der Waals surface area contributed by atoms with E-state index in [1.807, 2.05) is 0 Å². The van der Waals surface area contributed by atoms with Gasteiger partial charge in [0.1, 0.15) is 0 Å². The molecule has 0 unspecified atom stereocenters. The molecule has 0 amide bonds. The lowest BCUT2D eigenvalue weighted by Crippen LogP contribution is -2.15. The van der Waals surface area contributed by atoms with E-state index in [0.717, 1.165) is 31.6 Å². The zero-order chi connectivity index (χ0) is 24.2. The van der Waals surface area contributed by atoms with Gasteiger partial charge in [0.15, 0.2) is 0 Å². The van der Waals surface area contributed by atoms with Crippen LogP contribution < -0.4 is 0 Å². The molecule has 1 aromatic rings. The van der Waals surface area contributed by atoms with Crippen molar-refractivity contribution >= 4 is 11.9 Å². The van der Waals surface area contributed by atoms with E-state index in [-0.39, 0.29) is 0 Å². The number of unbranched alkanes of at least 4 members (excludes halogenated alkanes) is 12. The van der Waals surface area contributed by atoms with Gasteiger partial charge in [0.25, 0.3) is 0 Å². The number of hydrogen-bond acceptors (Lipinski definition) is 4. The Labute approximate surface area is 202 Å². The molecule has 0 bridgehead atoms. The number of esters is 2. The van der Waals surface area contributed by atoms with Gasteiger partial charge in [-0.25, -0.2) is 9.59 Å². The van der Waals surface area contributed by atoms with Crippen molar-refractivity contribution in [1.82, 2.24) is 0 Å². The third-order valence-electron chi connectivity index (χ3n) is 6.01. The molecule has 0 radical (unpaired) electrons. The van der Waals surface area contributed by atoms with Crippen molar-refractivity contribution in [3.63, 3.8) is 0 Å². The molecule has 1 aromatic carbocycles. The van der Waals surface area contributed by atoms with E-state index < -0.39 is 11.9 Å². The molecule has 33 heavy (non-hydrogen) atoms. The highest BCUT2D eigenvalue weighted by Crippen LogP contribution is 2.15. The zero-order valence-electron chi connectivity index (χ0n) is 21.5. The van der Waals surface area contributed by atoms with Crippen LogP contribution in [0, 0.1) is 5.92 Å². The molecule has 1 rings (SSSR count). The van der Waals surface area contributed by atoms with Gasteiger partial charge in [0.05, 0.1) is 24.3 Å². The first kappa shape index (κ1) is 29.2. The average molecular weight is 461 g/mol. The summed E-state index contributed by atoms with van der Waals surface area (Å²) < 4.78 is 10.9. The molecule has 0 saturated carbocycles. The maximum atomic E-state index is 12.5. The number of benzene rings is 1. The minimum absolute atomic E-state index is 0.298. The van der Waals surface area contributed by atoms with Crippen LogP contribution in [-0.2, 0) is 9.47 Å². The van der Waals surface area contributed by atoms with Gasteiger partial charge in [-0.05, 0) is 30.9 Å². The first-order chi connectivity index (χ1) is 16.1. The van der Waals surface area contributed by atoms with Crippen LogP contribution in [0.3, 0.4) is 0 Å². The fourth-order valence-corrected chi connectivity index (χ4v) is 3.92. The van der Waals surface area contributed by atoms with Gasteiger partial charge < -0.3 is 9.47 Å². The lowest BCUT2D eigenvalue weighted by atomic mass is 10.0. The Balaban J connectivity index is 2.23. The number of carbonyl (C=O) groups excluding carboxylic acids is 2. The van der Waals surface area contributed by atoms with E-state index in [9.17, 15) is 9.59 Å². The lowest BCUT2D eigenvalue weighted by molar-refractivity contribution is 0.0450. The molecule has 0 N–H and O–H groups in total. The smallest absolute Gasteiger partial charge is 0.339 e. The Bertz CT molecular complexity index is 638. The highest BCUT2D eigenvalue weighted by atomic mass is 16.5. The molecule has 0 fully saturated rings. The summed E-state index contributed by atoms with van der Waals surface area (Å²) in [6, 6.07) is 6.79. The molecule has 4 heteroatoms. The van der Waals surface area contributed by atoms with Crippen LogP contribution in [-0.4, -0.2) is 25.2 Å². The van der Waals surface area contributed by atoms with Crippen molar-refractivity contribution in [2.75, 3.05) is 13.2 Å². The monoisotopic (exact) mass is 460 g/mol. The van der Waals surface area contributed by atoms with E-state index in [1.54, 1.807) is 24.3 Å². The highest BCUT2D eigenvalue weighted by molar-refractivity contribution is 6.03. The summed E-state index contributed by atoms with van der Waals surface area (Å²) in [7, 11) is 0. The van der Waals surface area contributed by atoms with Crippen molar-refractivity contribution in [3.05, 3.63) is 35.4 Å². The van der Waals surface area contributed by atoms with Crippen LogP contribution in [0.25, 0.3) is 0 Å². The first-order valence-electron chi connectivity index (χ1n) is 13.5. The molecule has 0 aliphatic rings. The Morgan fingerprint density at radius 2 is 1.03 bits per heavy atom. The lowest BCUT2D eigenvalue weighted by Gasteiger charge is -2.10. The van der Waals surface area contributed by atoms with Gasteiger partial charge in [-0.1, -0.05) is 116 Å². The second-order valence-corrected chi connectivity index (χ2v) is 9.60. The second kappa shape index (κ2) is 19.6. The standard InChI is InChI=1S/C29H48O4/c1-4-5-6-7-8-9-10-13-18-23-32-28(30)26-21-16-17-22-27(26)29(31)33-24-19-14-11-12-15-20-25(2)3/h16-17,21-22,25H,4-15,18-20,23-24H2,1-3H3. The Kier molecular flexibility index (Phi) is 17.4. The van der Waals surface area contributed by atoms with E-state index in [0.29, 0.717) is 24.3 Å². The van der Waals surface area contributed by atoms with Crippen LogP contribution in [0.5, 0.6) is 0 Å². The molecule has 0 spiro atoms. The van der Waals surface area contributed by atoms with Gasteiger partial charge in [-0.2, -0.15) is 0 Å². The van der Waals surface area contributed by atoms with Crippen molar-refractivity contribution in [1.29, 1.82) is 0 Å². The Morgan fingerprint density at radius 3 is 1.45 bits per heavy atom. The van der Waals surface area contributed by atoms with Crippen LogP contribution in [0.4, 0.5) is 0 Å². The normalized spacial score (nSPS) is 11.0. The van der Waals surface area contributed by atoms with Gasteiger partial charge >= 0.3 is 11.9 Å². The van der Waals surface area contributed by atoms with Crippen molar-refractivity contribution in [2.45, 2.75) is 117 Å². The van der Waals surface area contributed by atoms with Gasteiger partial charge in [0, 0.05) is 0 Å². The fraction of sp³-hybridized carbons (Fsp3) is 0.724. The number of carbonyl (C=O) groups is 2. The predicted molar refractivity (Wildman–Crippen MR) is 137 cm³/mol. The summed E-state index contributed by atoms with van der Waals surface area (Å²) in [5.41, 5.74) is 0.596. The largest absolute Gasteiger partial charge is 0.462 e. The summed E-state index contributed by atoms with van der Waals surface area (Å²) >= 11 is 0. The molecule has 0 heterocycles.